The number of nitrogens with zero attached hydrogens (tertiary/aromatic N) is 3. The van der Waals surface area contributed by atoms with E-state index in [4.69, 9.17) is 16.2 Å². The molecule has 0 saturated heterocycles. The van der Waals surface area contributed by atoms with Crippen molar-refractivity contribution in [1.82, 2.24) is 15.3 Å². The van der Waals surface area contributed by atoms with Crippen LogP contribution >= 0.6 is 0 Å². The van der Waals surface area contributed by atoms with Crippen molar-refractivity contribution >= 4 is 28.6 Å². The van der Waals surface area contributed by atoms with E-state index in [-0.39, 0.29) is 29.8 Å². The first-order chi connectivity index (χ1) is 16.4. The number of hydrogen-bond acceptors (Lipinski definition) is 6. The Morgan fingerprint density at radius 3 is 2.62 bits per heavy atom. The number of aliphatic imine (C=N–C) groups is 1. The Morgan fingerprint density at radius 1 is 1.12 bits per heavy atom. The SMILES string of the molecule is COc1ccc(CNC(=O)c2nc(N[C@H]3CCCC[C@H]3N=C(N)N)c3cc(C)ccc3n2)cc1. The van der Waals surface area contributed by atoms with Gasteiger partial charge in [-0.3, -0.25) is 4.79 Å². The molecule has 0 bridgehead atoms. The molecule has 9 heteroatoms. The van der Waals surface area contributed by atoms with Gasteiger partial charge in [0.05, 0.1) is 24.7 Å². The van der Waals surface area contributed by atoms with Gasteiger partial charge in [-0.15, -0.1) is 0 Å². The molecule has 9 nitrogen and oxygen atoms in total. The van der Waals surface area contributed by atoms with Crippen molar-refractivity contribution in [3.8, 4) is 5.75 Å². The first-order valence-electron chi connectivity index (χ1n) is 11.5. The quantitative estimate of drug-likeness (QED) is 0.313. The molecule has 1 aromatic heterocycles. The average Bonchev–Trinajstić information content (AvgIpc) is 2.84. The number of benzene rings is 2. The number of nitrogens with two attached hydrogens (primary N) is 2. The second kappa shape index (κ2) is 10.4. The molecule has 3 aromatic rings. The maximum absolute atomic E-state index is 13.0. The smallest absolute Gasteiger partial charge is 0.289 e. The highest BCUT2D eigenvalue weighted by molar-refractivity contribution is 5.96. The number of carbonyl (C=O) groups excluding carboxylic acids is 1. The third-order valence-corrected chi connectivity index (χ3v) is 6.03. The Hall–Kier alpha value is -3.88. The predicted molar refractivity (Wildman–Crippen MR) is 134 cm³/mol. The van der Waals surface area contributed by atoms with Crippen LogP contribution in [-0.2, 0) is 6.54 Å². The molecule has 1 amide bonds. The van der Waals surface area contributed by atoms with Crippen LogP contribution in [0.4, 0.5) is 5.82 Å². The van der Waals surface area contributed by atoms with Crippen molar-refractivity contribution in [3.05, 3.63) is 59.4 Å². The molecule has 2 aromatic carbocycles. The van der Waals surface area contributed by atoms with E-state index in [9.17, 15) is 4.79 Å². The van der Waals surface area contributed by atoms with E-state index in [1.54, 1.807) is 7.11 Å². The molecule has 0 radical (unpaired) electrons. The van der Waals surface area contributed by atoms with Gasteiger partial charge in [-0.2, -0.15) is 0 Å². The van der Waals surface area contributed by atoms with E-state index in [1.165, 1.54) is 0 Å². The number of amides is 1. The van der Waals surface area contributed by atoms with Gasteiger partial charge in [-0.1, -0.05) is 36.6 Å². The molecule has 1 aliphatic carbocycles. The number of aromatic nitrogens is 2. The molecule has 4 rings (SSSR count). The Kier molecular flexibility index (Phi) is 7.10. The van der Waals surface area contributed by atoms with Crippen LogP contribution in [0.15, 0.2) is 47.5 Å². The Morgan fingerprint density at radius 2 is 1.88 bits per heavy atom. The lowest BCUT2D eigenvalue weighted by molar-refractivity contribution is 0.0941. The number of carbonyl (C=O) groups is 1. The number of anilines is 1. The summed E-state index contributed by atoms with van der Waals surface area (Å²) in [5, 5.41) is 7.29. The third-order valence-electron chi connectivity index (χ3n) is 6.03. The van der Waals surface area contributed by atoms with Gasteiger partial charge in [0.15, 0.2) is 5.96 Å². The van der Waals surface area contributed by atoms with Crippen LogP contribution in [0, 0.1) is 6.92 Å². The van der Waals surface area contributed by atoms with Crippen molar-refractivity contribution in [2.75, 3.05) is 12.4 Å². The molecule has 1 fully saturated rings. The van der Waals surface area contributed by atoms with Gasteiger partial charge in [0.2, 0.25) is 5.82 Å². The lowest BCUT2D eigenvalue weighted by atomic mass is 9.90. The van der Waals surface area contributed by atoms with Gasteiger partial charge in [0.1, 0.15) is 11.6 Å². The Bertz CT molecular complexity index is 1190. The van der Waals surface area contributed by atoms with E-state index in [0.29, 0.717) is 17.9 Å². The summed E-state index contributed by atoms with van der Waals surface area (Å²) < 4.78 is 5.18. The van der Waals surface area contributed by atoms with Crippen LogP contribution in [0.1, 0.15) is 47.4 Å². The minimum absolute atomic E-state index is 0.0182. The highest BCUT2D eigenvalue weighted by atomic mass is 16.5. The predicted octanol–water partition coefficient (Wildman–Crippen LogP) is 2.87. The zero-order chi connectivity index (χ0) is 24.1. The van der Waals surface area contributed by atoms with Crippen LogP contribution < -0.4 is 26.8 Å². The fraction of sp³-hybridized carbons (Fsp3) is 0.360. The zero-order valence-electron chi connectivity index (χ0n) is 19.5. The molecule has 1 saturated carbocycles. The molecule has 178 valence electrons. The number of nitrogens with one attached hydrogen (secondary N) is 2. The Labute approximate surface area is 199 Å². The van der Waals surface area contributed by atoms with E-state index in [0.717, 1.165) is 47.9 Å². The fourth-order valence-corrected chi connectivity index (χ4v) is 4.26. The average molecular weight is 462 g/mol. The number of rotatable bonds is 7. The Balaban J connectivity index is 1.60. The van der Waals surface area contributed by atoms with Crippen molar-refractivity contribution in [1.29, 1.82) is 0 Å². The highest BCUT2D eigenvalue weighted by Gasteiger charge is 2.26. The van der Waals surface area contributed by atoms with Gasteiger partial charge >= 0.3 is 0 Å². The topological polar surface area (TPSA) is 141 Å². The number of ether oxygens (including phenoxy) is 1. The molecule has 0 unspecified atom stereocenters. The number of fused-ring (bicyclic) bond motifs is 1. The molecule has 0 spiro atoms. The number of aryl methyl sites for hydroxylation is 1. The lowest BCUT2D eigenvalue weighted by Gasteiger charge is -2.30. The van der Waals surface area contributed by atoms with Crippen LogP contribution in [0.3, 0.4) is 0 Å². The summed E-state index contributed by atoms with van der Waals surface area (Å²) >= 11 is 0. The van der Waals surface area contributed by atoms with E-state index < -0.39 is 0 Å². The molecule has 1 aliphatic rings. The standard InChI is InChI=1S/C25H31N7O2/c1-15-7-12-19-18(13-15)22(30-20-5-3-4-6-21(20)31-25(26)27)32-23(29-19)24(33)28-14-16-8-10-17(34-2)11-9-16/h7-13,20-21H,3-6,14H2,1-2H3,(H,28,33)(H4,26,27,31)(H,29,30,32)/t20-,21+/m0/s1. The minimum atomic E-state index is -0.342. The van der Waals surface area contributed by atoms with Crippen LogP contribution in [0.5, 0.6) is 5.75 Å². The second-order valence-corrected chi connectivity index (χ2v) is 8.60. The summed E-state index contributed by atoms with van der Waals surface area (Å²) in [5.74, 6) is 1.24. The maximum atomic E-state index is 13.0. The minimum Gasteiger partial charge on any atom is -0.497 e. The lowest BCUT2D eigenvalue weighted by Crippen LogP contribution is -2.38. The van der Waals surface area contributed by atoms with Gasteiger partial charge in [0, 0.05) is 11.9 Å². The van der Waals surface area contributed by atoms with Crippen LogP contribution in [0.25, 0.3) is 10.9 Å². The van der Waals surface area contributed by atoms with Crippen LogP contribution in [-0.4, -0.2) is 41.0 Å². The summed E-state index contributed by atoms with van der Waals surface area (Å²) in [6.07, 6.45) is 3.96. The molecule has 34 heavy (non-hydrogen) atoms. The molecule has 0 aliphatic heterocycles. The van der Waals surface area contributed by atoms with Gasteiger partial charge in [-0.05, 0) is 49.6 Å². The number of guanidine groups is 1. The van der Waals surface area contributed by atoms with E-state index in [2.05, 4.69) is 25.6 Å². The van der Waals surface area contributed by atoms with Crippen molar-refractivity contribution in [3.63, 3.8) is 0 Å². The summed E-state index contributed by atoms with van der Waals surface area (Å²) in [6, 6.07) is 13.4. The normalized spacial score (nSPS) is 17.7. The highest BCUT2D eigenvalue weighted by Crippen LogP contribution is 2.28. The zero-order valence-corrected chi connectivity index (χ0v) is 19.5. The van der Waals surface area contributed by atoms with Crippen LogP contribution in [0.2, 0.25) is 0 Å². The summed E-state index contributed by atoms with van der Waals surface area (Å²) in [6.45, 7) is 2.37. The largest absolute Gasteiger partial charge is 0.497 e. The first kappa shape index (κ1) is 23.3. The van der Waals surface area contributed by atoms with Gasteiger partial charge < -0.3 is 26.8 Å². The summed E-state index contributed by atoms with van der Waals surface area (Å²) in [4.78, 5) is 26.5. The van der Waals surface area contributed by atoms with Crippen molar-refractivity contribution in [2.24, 2.45) is 16.5 Å². The third kappa shape index (κ3) is 5.54. The van der Waals surface area contributed by atoms with Crippen molar-refractivity contribution < 1.29 is 9.53 Å². The number of hydrogen-bond donors (Lipinski definition) is 4. The summed E-state index contributed by atoms with van der Waals surface area (Å²) in [5.41, 5.74) is 14.1. The molecular formula is C25H31N7O2. The van der Waals surface area contributed by atoms with E-state index in [1.807, 2.05) is 49.4 Å². The monoisotopic (exact) mass is 461 g/mol. The molecular weight excluding hydrogens is 430 g/mol. The molecule has 6 N–H and O–H groups in total. The number of methoxy groups -OCH3 is 1. The van der Waals surface area contributed by atoms with Gasteiger partial charge in [-0.25, -0.2) is 15.0 Å². The van der Waals surface area contributed by atoms with Crippen molar-refractivity contribution in [2.45, 2.75) is 51.2 Å². The first-order valence-corrected chi connectivity index (χ1v) is 11.5. The molecule has 2 atom stereocenters. The maximum Gasteiger partial charge on any atom is 0.289 e. The van der Waals surface area contributed by atoms with E-state index >= 15 is 0 Å². The summed E-state index contributed by atoms with van der Waals surface area (Å²) in [7, 11) is 1.62. The fourth-order valence-electron chi connectivity index (χ4n) is 4.26. The molecule has 1 heterocycles. The van der Waals surface area contributed by atoms with Gasteiger partial charge in [0.25, 0.3) is 5.91 Å². The second-order valence-electron chi connectivity index (χ2n) is 8.60.